The van der Waals surface area contributed by atoms with Crippen molar-refractivity contribution in [2.45, 2.75) is 38.8 Å². The molecule has 1 amide bonds. The lowest BCUT2D eigenvalue weighted by Gasteiger charge is -2.14. The molecular formula is C19H25ClN2O2. The van der Waals surface area contributed by atoms with Crippen LogP contribution < -0.4 is 15.8 Å². The zero-order chi connectivity index (χ0) is 16.7. The number of carbonyl (C=O) groups is 1. The van der Waals surface area contributed by atoms with Crippen LogP contribution in [0.15, 0.2) is 54.6 Å². The van der Waals surface area contributed by atoms with Gasteiger partial charge >= 0.3 is 0 Å². The largest absolute Gasteiger partial charge is 0.491 e. The smallest absolute Gasteiger partial charge is 0.226 e. The molecule has 2 aromatic rings. The minimum Gasteiger partial charge on any atom is -0.491 e. The highest BCUT2D eigenvalue weighted by Crippen LogP contribution is 2.19. The molecule has 24 heavy (non-hydrogen) atoms. The third-order valence-electron chi connectivity index (χ3n) is 3.68. The van der Waals surface area contributed by atoms with Crippen LogP contribution in [0, 0.1) is 0 Å². The highest BCUT2D eigenvalue weighted by atomic mass is 35.5. The van der Waals surface area contributed by atoms with Crippen LogP contribution in [0.3, 0.4) is 0 Å². The number of hydrogen-bond donors (Lipinski definition) is 2. The van der Waals surface area contributed by atoms with Gasteiger partial charge in [-0.15, -0.1) is 12.4 Å². The second-order valence-corrected chi connectivity index (χ2v) is 5.63. The van der Waals surface area contributed by atoms with Crippen LogP contribution in [-0.2, 0) is 4.79 Å². The van der Waals surface area contributed by atoms with Gasteiger partial charge in [-0.3, -0.25) is 4.79 Å². The van der Waals surface area contributed by atoms with Crippen LogP contribution in [0.4, 0.5) is 5.69 Å². The number of rotatable bonds is 7. The first-order valence-electron chi connectivity index (χ1n) is 7.95. The highest BCUT2D eigenvalue weighted by Gasteiger charge is 2.11. The molecule has 0 aliphatic carbocycles. The number of ether oxygens (including phenoxy) is 1. The summed E-state index contributed by atoms with van der Waals surface area (Å²) < 4.78 is 5.71. The number of nitrogens with two attached hydrogens (primary N) is 1. The zero-order valence-corrected chi connectivity index (χ0v) is 14.9. The third kappa shape index (κ3) is 6.22. The Morgan fingerprint density at radius 1 is 1.12 bits per heavy atom. The summed E-state index contributed by atoms with van der Waals surface area (Å²) in [6.07, 6.45) is 1.38. The van der Waals surface area contributed by atoms with Gasteiger partial charge in [-0.25, -0.2) is 0 Å². The third-order valence-corrected chi connectivity index (χ3v) is 3.68. The highest BCUT2D eigenvalue weighted by molar-refractivity contribution is 5.91. The molecule has 0 fully saturated rings. The van der Waals surface area contributed by atoms with Gasteiger partial charge in [-0.1, -0.05) is 37.3 Å². The van der Waals surface area contributed by atoms with Crippen molar-refractivity contribution in [3.05, 3.63) is 60.2 Å². The van der Waals surface area contributed by atoms with Crippen LogP contribution in [0.5, 0.6) is 5.75 Å². The molecule has 0 aliphatic rings. The van der Waals surface area contributed by atoms with Gasteiger partial charge in [0, 0.05) is 18.2 Å². The van der Waals surface area contributed by atoms with E-state index in [4.69, 9.17) is 10.5 Å². The fourth-order valence-electron chi connectivity index (χ4n) is 2.16. The van der Waals surface area contributed by atoms with Crippen LogP contribution in [0.1, 0.15) is 38.3 Å². The number of nitrogens with one attached hydrogen (secondary N) is 1. The number of benzene rings is 2. The maximum atomic E-state index is 12.1. The van der Waals surface area contributed by atoms with Crippen LogP contribution in [-0.4, -0.2) is 12.0 Å². The Morgan fingerprint density at radius 3 is 2.33 bits per heavy atom. The van der Waals surface area contributed by atoms with E-state index in [9.17, 15) is 4.79 Å². The van der Waals surface area contributed by atoms with E-state index >= 15 is 0 Å². The topological polar surface area (TPSA) is 64.3 Å². The molecule has 2 rings (SSSR count). The molecular weight excluding hydrogens is 324 g/mol. The van der Waals surface area contributed by atoms with Gasteiger partial charge in [-0.2, -0.15) is 0 Å². The lowest BCUT2D eigenvalue weighted by Crippen LogP contribution is -2.20. The van der Waals surface area contributed by atoms with Crippen molar-refractivity contribution in [3.8, 4) is 5.75 Å². The maximum absolute atomic E-state index is 12.1. The van der Waals surface area contributed by atoms with Crippen LogP contribution in [0.25, 0.3) is 0 Å². The Kier molecular flexibility index (Phi) is 8.30. The Bertz CT molecular complexity index is 617. The minimum absolute atomic E-state index is 0. The summed E-state index contributed by atoms with van der Waals surface area (Å²) in [6.45, 7) is 4.11. The lowest BCUT2D eigenvalue weighted by molar-refractivity contribution is -0.116. The van der Waals surface area contributed by atoms with E-state index in [0.29, 0.717) is 0 Å². The van der Waals surface area contributed by atoms with Gasteiger partial charge in [0.2, 0.25) is 5.91 Å². The SMILES string of the molecule is CCC(C)Oc1ccc(NC(=O)CC(N)c2ccccc2)cc1.Cl. The van der Waals surface area contributed by atoms with E-state index in [1.165, 1.54) is 0 Å². The van der Waals surface area contributed by atoms with E-state index in [2.05, 4.69) is 12.2 Å². The Balaban J connectivity index is 0.00000288. The Morgan fingerprint density at radius 2 is 1.75 bits per heavy atom. The van der Waals surface area contributed by atoms with Crippen molar-refractivity contribution in [3.63, 3.8) is 0 Å². The second-order valence-electron chi connectivity index (χ2n) is 5.63. The van der Waals surface area contributed by atoms with Crippen molar-refractivity contribution >= 4 is 24.0 Å². The van der Waals surface area contributed by atoms with E-state index in [1.807, 2.05) is 61.5 Å². The zero-order valence-electron chi connectivity index (χ0n) is 14.1. The maximum Gasteiger partial charge on any atom is 0.226 e. The molecule has 2 unspecified atom stereocenters. The average molecular weight is 349 g/mol. The monoisotopic (exact) mass is 348 g/mol. The molecule has 0 aromatic heterocycles. The fourth-order valence-corrected chi connectivity index (χ4v) is 2.16. The van der Waals surface area contributed by atoms with Gasteiger partial charge in [0.15, 0.2) is 0 Å². The molecule has 0 bridgehead atoms. The molecule has 0 spiro atoms. The van der Waals surface area contributed by atoms with E-state index in [0.717, 1.165) is 23.4 Å². The fraction of sp³-hybridized carbons (Fsp3) is 0.316. The summed E-state index contributed by atoms with van der Waals surface area (Å²) >= 11 is 0. The Hall–Kier alpha value is -2.04. The van der Waals surface area contributed by atoms with Crippen molar-refractivity contribution in [2.75, 3.05) is 5.32 Å². The average Bonchev–Trinajstić information content (AvgIpc) is 2.57. The number of carbonyl (C=O) groups excluding carboxylic acids is 1. The normalized spacial score (nSPS) is 12.6. The molecule has 4 nitrogen and oxygen atoms in total. The summed E-state index contributed by atoms with van der Waals surface area (Å²) in [4.78, 5) is 12.1. The predicted molar refractivity (Wildman–Crippen MR) is 101 cm³/mol. The molecule has 0 saturated carbocycles. The van der Waals surface area contributed by atoms with Crippen molar-refractivity contribution < 1.29 is 9.53 Å². The summed E-state index contributed by atoms with van der Waals surface area (Å²) in [5.74, 6) is 0.704. The first-order valence-corrected chi connectivity index (χ1v) is 7.95. The van der Waals surface area contributed by atoms with Crippen molar-refractivity contribution in [2.24, 2.45) is 5.73 Å². The molecule has 0 heterocycles. The standard InChI is InChI=1S/C19H24N2O2.ClH/c1-3-14(2)23-17-11-9-16(10-12-17)21-19(22)13-18(20)15-7-5-4-6-8-15;/h4-12,14,18H,3,13,20H2,1-2H3,(H,21,22);1H. The quantitative estimate of drug-likeness (QED) is 0.783. The van der Waals surface area contributed by atoms with Crippen LogP contribution in [0.2, 0.25) is 0 Å². The number of anilines is 1. The summed E-state index contributed by atoms with van der Waals surface area (Å²) in [5.41, 5.74) is 7.76. The summed E-state index contributed by atoms with van der Waals surface area (Å²) in [7, 11) is 0. The van der Waals surface area contributed by atoms with Gasteiger partial charge < -0.3 is 15.8 Å². The number of hydrogen-bond acceptors (Lipinski definition) is 3. The minimum atomic E-state index is -0.302. The molecule has 2 atom stereocenters. The molecule has 130 valence electrons. The molecule has 0 saturated heterocycles. The first kappa shape index (κ1) is 20.0. The summed E-state index contributed by atoms with van der Waals surface area (Å²) in [5, 5.41) is 2.86. The van der Waals surface area contributed by atoms with Gasteiger partial charge in [-0.05, 0) is 43.2 Å². The summed E-state index contributed by atoms with van der Waals surface area (Å²) in [6, 6.07) is 16.7. The van der Waals surface area contributed by atoms with Crippen molar-refractivity contribution in [1.29, 1.82) is 0 Å². The van der Waals surface area contributed by atoms with Gasteiger partial charge in [0.05, 0.1) is 6.10 Å². The molecule has 5 heteroatoms. The van der Waals surface area contributed by atoms with Crippen LogP contribution >= 0.6 is 12.4 Å². The lowest BCUT2D eigenvalue weighted by atomic mass is 10.0. The molecule has 0 aliphatic heterocycles. The number of amides is 1. The Labute approximate surface area is 149 Å². The molecule has 0 radical (unpaired) electrons. The first-order chi connectivity index (χ1) is 11.1. The van der Waals surface area contributed by atoms with Gasteiger partial charge in [0.1, 0.15) is 5.75 Å². The van der Waals surface area contributed by atoms with E-state index < -0.39 is 0 Å². The number of halogens is 1. The second kappa shape index (κ2) is 9.96. The molecule has 3 N–H and O–H groups in total. The molecule has 2 aromatic carbocycles. The predicted octanol–water partition coefficient (Wildman–Crippen LogP) is 4.31. The van der Waals surface area contributed by atoms with E-state index in [-0.39, 0.29) is 36.9 Å². The van der Waals surface area contributed by atoms with Crippen molar-refractivity contribution in [1.82, 2.24) is 0 Å². The van der Waals surface area contributed by atoms with E-state index in [1.54, 1.807) is 0 Å². The van der Waals surface area contributed by atoms with Gasteiger partial charge in [0.25, 0.3) is 0 Å².